The highest BCUT2D eigenvalue weighted by molar-refractivity contribution is 9.10. The number of carboxylic acid groups (broad SMARTS) is 1. The van der Waals surface area contributed by atoms with Crippen LogP contribution in [-0.2, 0) is 0 Å². The van der Waals surface area contributed by atoms with Gasteiger partial charge in [0.25, 0.3) is 0 Å². The highest BCUT2D eigenvalue weighted by atomic mass is 79.9. The van der Waals surface area contributed by atoms with Gasteiger partial charge in [-0.3, -0.25) is 0 Å². The van der Waals surface area contributed by atoms with Crippen molar-refractivity contribution < 1.29 is 9.90 Å². The number of carbonyl (C=O) groups is 1. The van der Waals surface area contributed by atoms with Gasteiger partial charge in [-0.1, -0.05) is 33.3 Å². The Morgan fingerprint density at radius 3 is 2.85 bits per heavy atom. The molecule has 5 nitrogen and oxygen atoms in total. The molecule has 1 aromatic heterocycles. The van der Waals surface area contributed by atoms with E-state index in [9.17, 15) is 9.90 Å². The summed E-state index contributed by atoms with van der Waals surface area (Å²) in [6.45, 7) is 1.97. The average molecular weight is 332 g/mol. The van der Waals surface area contributed by atoms with Crippen molar-refractivity contribution in [3.05, 3.63) is 52.0 Å². The van der Waals surface area contributed by atoms with Gasteiger partial charge in [0.1, 0.15) is 5.52 Å². The van der Waals surface area contributed by atoms with Crippen molar-refractivity contribution in [2.75, 3.05) is 0 Å². The number of benzene rings is 2. The Balaban J connectivity index is 2.31. The molecule has 0 aliphatic heterocycles. The van der Waals surface area contributed by atoms with Gasteiger partial charge in [-0.2, -0.15) is 0 Å². The van der Waals surface area contributed by atoms with Crippen molar-refractivity contribution in [1.29, 1.82) is 0 Å². The molecule has 100 valence electrons. The van der Waals surface area contributed by atoms with Gasteiger partial charge in [0.2, 0.25) is 0 Å². The van der Waals surface area contributed by atoms with E-state index in [2.05, 4.69) is 26.2 Å². The molecule has 0 bridgehead atoms. The molecule has 0 aliphatic carbocycles. The molecule has 0 saturated heterocycles. The molecule has 6 heteroatoms. The van der Waals surface area contributed by atoms with E-state index in [1.165, 1.54) is 6.07 Å². The molecular weight excluding hydrogens is 322 g/mol. The summed E-state index contributed by atoms with van der Waals surface area (Å²) < 4.78 is 2.58. The minimum atomic E-state index is -1.01. The first-order chi connectivity index (χ1) is 9.58. The molecular formula is C14H10BrN3O2. The second-order valence-corrected chi connectivity index (χ2v) is 5.33. The lowest BCUT2D eigenvalue weighted by Gasteiger charge is -2.07. The maximum absolute atomic E-state index is 11.2. The van der Waals surface area contributed by atoms with Crippen LogP contribution in [0.25, 0.3) is 16.7 Å². The average Bonchev–Trinajstić information content (AvgIpc) is 2.85. The maximum Gasteiger partial charge on any atom is 0.338 e. The van der Waals surface area contributed by atoms with Crippen LogP contribution in [0, 0.1) is 6.92 Å². The lowest BCUT2D eigenvalue weighted by molar-refractivity contribution is 0.0699. The predicted molar refractivity (Wildman–Crippen MR) is 78.3 cm³/mol. The Hall–Kier alpha value is -2.21. The Kier molecular flexibility index (Phi) is 3.02. The molecule has 0 saturated carbocycles. The Morgan fingerprint density at radius 2 is 2.10 bits per heavy atom. The highest BCUT2D eigenvalue weighted by Gasteiger charge is 2.15. The molecule has 1 N–H and O–H groups in total. The summed E-state index contributed by atoms with van der Waals surface area (Å²) in [6, 6.07) is 10.9. The standard InChI is InChI=1S/C14H10BrN3O2/c1-8-5-6-9(15)7-12(8)18-11-4-2-3-10(14(19)20)13(11)16-17-18/h2-7H,1H3,(H,19,20). The SMILES string of the molecule is Cc1ccc(Br)cc1-n1nnc2c(C(=O)O)cccc21. The van der Waals surface area contributed by atoms with Crippen LogP contribution in [0.1, 0.15) is 15.9 Å². The molecule has 0 unspecified atom stereocenters. The molecule has 0 spiro atoms. The predicted octanol–water partition coefficient (Wildman–Crippen LogP) is 3.19. The van der Waals surface area contributed by atoms with E-state index in [1.54, 1.807) is 10.7 Å². The van der Waals surface area contributed by atoms with E-state index in [1.807, 2.05) is 31.2 Å². The molecule has 20 heavy (non-hydrogen) atoms. The van der Waals surface area contributed by atoms with Crippen LogP contribution in [0.3, 0.4) is 0 Å². The second-order valence-electron chi connectivity index (χ2n) is 4.41. The Bertz CT molecular complexity index is 826. The van der Waals surface area contributed by atoms with Crippen LogP contribution < -0.4 is 0 Å². The van der Waals surface area contributed by atoms with Crippen molar-refractivity contribution in [1.82, 2.24) is 15.0 Å². The first-order valence-electron chi connectivity index (χ1n) is 5.92. The van der Waals surface area contributed by atoms with Crippen molar-refractivity contribution in [2.45, 2.75) is 6.92 Å². The van der Waals surface area contributed by atoms with Gasteiger partial charge in [0.15, 0.2) is 0 Å². The van der Waals surface area contributed by atoms with E-state index in [0.29, 0.717) is 11.0 Å². The summed E-state index contributed by atoms with van der Waals surface area (Å²) in [6.07, 6.45) is 0. The third-order valence-electron chi connectivity index (χ3n) is 3.11. The van der Waals surface area contributed by atoms with Crippen molar-refractivity contribution in [3.63, 3.8) is 0 Å². The number of rotatable bonds is 2. The fraction of sp³-hybridized carbons (Fsp3) is 0.0714. The smallest absolute Gasteiger partial charge is 0.338 e. The third kappa shape index (κ3) is 1.98. The van der Waals surface area contributed by atoms with Crippen molar-refractivity contribution >= 4 is 32.9 Å². The number of carboxylic acids is 1. The zero-order valence-corrected chi connectivity index (χ0v) is 12.1. The van der Waals surface area contributed by atoms with Crippen LogP contribution >= 0.6 is 15.9 Å². The van der Waals surface area contributed by atoms with Crippen LogP contribution in [-0.4, -0.2) is 26.1 Å². The highest BCUT2D eigenvalue weighted by Crippen LogP contribution is 2.24. The summed E-state index contributed by atoms with van der Waals surface area (Å²) in [7, 11) is 0. The molecule has 2 aromatic carbocycles. The Morgan fingerprint density at radius 1 is 1.30 bits per heavy atom. The molecule has 0 fully saturated rings. The number of halogens is 1. The quantitative estimate of drug-likeness (QED) is 0.783. The summed E-state index contributed by atoms with van der Waals surface area (Å²) in [4.78, 5) is 11.2. The summed E-state index contributed by atoms with van der Waals surface area (Å²) in [5.41, 5.74) is 3.11. The van der Waals surface area contributed by atoms with Crippen LogP contribution in [0.15, 0.2) is 40.9 Å². The third-order valence-corrected chi connectivity index (χ3v) is 3.60. The van der Waals surface area contributed by atoms with Crippen molar-refractivity contribution in [3.8, 4) is 5.69 Å². The summed E-state index contributed by atoms with van der Waals surface area (Å²) in [5, 5.41) is 17.3. The lowest BCUT2D eigenvalue weighted by atomic mass is 10.1. The first-order valence-corrected chi connectivity index (χ1v) is 6.71. The number of fused-ring (bicyclic) bond motifs is 1. The van der Waals surface area contributed by atoms with Gasteiger partial charge in [-0.15, -0.1) is 5.10 Å². The monoisotopic (exact) mass is 331 g/mol. The number of hydrogen-bond donors (Lipinski definition) is 1. The molecule has 1 heterocycles. The van der Waals surface area contributed by atoms with Gasteiger partial charge in [-0.05, 0) is 36.8 Å². The molecule has 0 amide bonds. The zero-order chi connectivity index (χ0) is 14.3. The number of aryl methyl sites for hydroxylation is 1. The minimum absolute atomic E-state index is 0.154. The Labute approximate surface area is 123 Å². The van der Waals surface area contributed by atoms with Crippen LogP contribution in [0.5, 0.6) is 0 Å². The van der Waals surface area contributed by atoms with Gasteiger partial charge in [-0.25, -0.2) is 9.48 Å². The molecule has 0 aliphatic rings. The molecule has 0 atom stereocenters. The fourth-order valence-electron chi connectivity index (χ4n) is 2.11. The largest absolute Gasteiger partial charge is 0.478 e. The molecule has 3 rings (SSSR count). The number of aromatic nitrogens is 3. The van der Waals surface area contributed by atoms with E-state index < -0.39 is 5.97 Å². The van der Waals surface area contributed by atoms with Gasteiger partial charge >= 0.3 is 5.97 Å². The lowest BCUT2D eigenvalue weighted by Crippen LogP contribution is -2.00. The normalized spacial score (nSPS) is 10.9. The maximum atomic E-state index is 11.2. The first kappa shape index (κ1) is 12.8. The summed E-state index contributed by atoms with van der Waals surface area (Å²) in [5.74, 6) is -1.01. The number of aromatic carboxylic acids is 1. The number of hydrogen-bond acceptors (Lipinski definition) is 3. The van der Waals surface area contributed by atoms with E-state index in [-0.39, 0.29) is 5.56 Å². The second kappa shape index (κ2) is 4.72. The molecule has 0 radical (unpaired) electrons. The number of nitrogens with zero attached hydrogens (tertiary/aromatic N) is 3. The van der Waals surface area contributed by atoms with E-state index >= 15 is 0 Å². The van der Waals surface area contributed by atoms with Crippen LogP contribution in [0.2, 0.25) is 0 Å². The topological polar surface area (TPSA) is 68.0 Å². The zero-order valence-electron chi connectivity index (χ0n) is 10.5. The fourth-order valence-corrected chi connectivity index (χ4v) is 2.46. The van der Waals surface area contributed by atoms with E-state index in [0.717, 1.165) is 15.7 Å². The van der Waals surface area contributed by atoms with Crippen molar-refractivity contribution in [2.24, 2.45) is 0 Å². The van der Waals surface area contributed by atoms with Gasteiger partial charge in [0.05, 0.1) is 16.8 Å². The molecule has 3 aromatic rings. The van der Waals surface area contributed by atoms with Gasteiger partial charge in [0, 0.05) is 4.47 Å². The van der Waals surface area contributed by atoms with E-state index in [4.69, 9.17) is 0 Å². The summed E-state index contributed by atoms with van der Waals surface area (Å²) >= 11 is 3.43. The minimum Gasteiger partial charge on any atom is -0.478 e. The van der Waals surface area contributed by atoms with Gasteiger partial charge < -0.3 is 5.11 Å². The van der Waals surface area contributed by atoms with Crippen LogP contribution in [0.4, 0.5) is 0 Å².